The molecule has 0 fully saturated rings. The minimum atomic E-state index is -0.331. The first kappa shape index (κ1) is 18.8. The van der Waals surface area contributed by atoms with Crippen LogP contribution in [0, 0.1) is 19.7 Å². The maximum absolute atomic E-state index is 14.2. The predicted octanol–water partition coefficient (Wildman–Crippen LogP) is 3.97. The Kier molecular flexibility index (Phi) is 5.12. The standard InChI is InChI=1S/C20H24FN5O/c1-11(2)18-23-19(25-24-18)13(4)22-20(27)15-10-12(3)26(14(15)5)17-9-7-6-8-16(17)21/h6-11,13H,1-5H3,(H,22,27)(H,23,24,25). The van der Waals surface area contributed by atoms with Crippen molar-refractivity contribution in [3.63, 3.8) is 0 Å². The highest BCUT2D eigenvalue weighted by molar-refractivity contribution is 5.96. The Balaban J connectivity index is 1.85. The van der Waals surface area contributed by atoms with E-state index in [1.807, 2.05) is 34.6 Å². The lowest BCUT2D eigenvalue weighted by molar-refractivity contribution is 0.0937. The van der Waals surface area contributed by atoms with Crippen LogP contribution < -0.4 is 5.32 Å². The lowest BCUT2D eigenvalue weighted by Crippen LogP contribution is -2.27. The fraction of sp³-hybridized carbons (Fsp3) is 0.350. The number of carbonyl (C=O) groups excluding carboxylic acids is 1. The van der Waals surface area contributed by atoms with Crippen LogP contribution in [0.15, 0.2) is 30.3 Å². The molecule has 2 N–H and O–H groups in total. The monoisotopic (exact) mass is 369 g/mol. The number of halogens is 1. The first-order valence-electron chi connectivity index (χ1n) is 8.96. The van der Waals surface area contributed by atoms with Crippen LogP contribution in [-0.4, -0.2) is 25.7 Å². The molecule has 0 saturated carbocycles. The molecule has 7 heteroatoms. The van der Waals surface area contributed by atoms with Crippen molar-refractivity contribution in [1.29, 1.82) is 0 Å². The minimum absolute atomic E-state index is 0.206. The average Bonchev–Trinajstić information content (AvgIpc) is 3.21. The number of nitrogens with zero attached hydrogens (tertiary/aromatic N) is 3. The van der Waals surface area contributed by atoms with Gasteiger partial charge in [-0.3, -0.25) is 9.89 Å². The normalized spacial score (nSPS) is 12.4. The molecule has 1 unspecified atom stereocenters. The van der Waals surface area contributed by atoms with E-state index in [-0.39, 0.29) is 23.7 Å². The van der Waals surface area contributed by atoms with Gasteiger partial charge in [-0.05, 0) is 39.0 Å². The smallest absolute Gasteiger partial charge is 0.253 e. The average molecular weight is 369 g/mol. The highest BCUT2D eigenvalue weighted by atomic mass is 19.1. The van der Waals surface area contributed by atoms with Crippen LogP contribution in [-0.2, 0) is 0 Å². The number of benzene rings is 1. The zero-order chi connectivity index (χ0) is 19.7. The van der Waals surface area contributed by atoms with Crippen molar-refractivity contribution in [3.8, 4) is 5.69 Å². The number of hydrogen-bond donors (Lipinski definition) is 2. The third kappa shape index (κ3) is 3.63. The third-order valence-corrected chi connectivity index (χ3v) is 4.56. The molecule has 0 aliphatic rings. The number of para-hydroxylation sites is 1. The van der Waals surface area contributed by atoms with Gasteiger partial charge in [0, 0.05) is 17.3 Å². The van der Waals surface area contributed by atoms with Gasteiger partial charge in [0.2, 0.25) is 0 Å². The zero-order valence-corrected chi connectivity index (χ0v) is 16.2. The molecule has 2 heterocycles. The van der Waals surface area contributed by atoms with E-state index in [0.29, 0.717) is 28.6 Å². The van der Waals surface area contributed by atoms with Gasteiger partial charge in [-0.1, -0.05) is 26.0 Å². The Hall–Kier alpha value is -2.96. The minimum Gasteiger partial charge on any atom is -0.342 e. The van der Waals surface area contributed by atoms with E-state index in [9.17, 15) is 9.18 Å². The first-order valence-corrected chi connectivity index (χ1v) is 8.96. The van der Waals surface area contributed by atoms with E-state index in [1.54, 1.807) is 28.8 Å². The summed E-state index contributed by atoms with van der Waals surface area (Å²) in [5, 5.41) is 9.98. The number of H-pyrrole nitrogens is 1. The second-order valence-electron chi connectivity index (χ2n) is 7.00. The van der Waals surface area contributed by atoms with Crippen LogP contribution >= 0.6 is 0 Å². The Labute approximate surface area is 157 Å². The molecule has 0 radical (unpaired) electrons. The highest BCUT2D eigenvalue weighted by Gasteiger charge is 2.21. The van der Waals surface area contributed by atoms with E-state index in [4.69, 9.17) is 0 Å². The molecule has 1 amide bonds. The number of aryl methyl sites for hydroxylation is 1. The lowest BCUT2D eigenvalue weighted by Gasteiger charge is -2.13. The summed E-state index contributed by atoms with van der Waals surface area (Å²) in [5.74, 6) is 0.958. The molecule has 6 nitrogen and oxygen atoms in total. The number of aromatic amines is 1. The van der Waals surface area contributed by atoms with Gasteiger partial charge in [0.25, 0.3) is 5.91 Å². The summed E-state index contributed by atoms with van der Waals surface area (Å²) in [6, 6.07) is 7.96. The number of nitrogens with one attached hydrogen (secondary N) is 2. The number of amides is 1. The summed E-state index contributed by atoms with van der Waals surface area (Å²) in [4.78, 5) is 17.2. The Bertz CT molecular complexity index is 973. The fourth-order valence-corrected chi connectivity index (χ4v) is 3.08. The molecule has 1 atom stereocenters. The molecule has 0 bridgehead atoms. The van der Waals surface area contributed by atoms with Crippen molar-refractivity contribution < 1.29 is 9.18 Å². The van der Waals surface area contributed by atoms with E-state index < -0.39 is 0 Å². The summed E-state index contributed by atoms with van der Waals surface area (Å²) in [6.45, 7) is 9.52. The van der Waals surface area contributed by atoms with Crippen molar-refractivity contribution in [2.24, 2.45) is 0 Å². The molecule has 3 aromatic rings. The van der Waals surface area contributed by atoms with Crippen molar-refractivity contribution in [2.45, 2.75) is 46.6 Å². The summed E-state index contributed by atoms with van der Waals surface area (Å²) in [6.07, 6.45) is 0. The van der Waals surface area contributed by atoms with E-state index in [1.165, 1.54) is 6.07 Å². The van der Waals surface area contributed by atoms with Crippen LogP contribution in [0.3, 0.4) is 0 Å². The number of rotatable bonds is 5. The van der Waals surface area contributed by atoms with Gasteiger partial charge in [-0.15, -0.1) is 0 Å². The molecule has 27 heavy (non-hydrogen) atoms. The van der Waals surface area contributed by atoms with Gasteiger partial charge in [0.15, 0.2) is 5.82 Å². The van der Waals surface area contributed by atoms with Crippen molar-refractivity contribution >= 4 is 5.91 Å². The summed E-state index contributed by atoms with van der Waals surface area (Å²) in [7, 11) is 0. The quantitative estimate of drug-likeness (QED) is 0.715. The maximum Gasteiger partial charge on any atom is 0.253 e. The van der Waals surface area contributed by atoms with Crippen LogP contribution in [0.1, 0.15) is 66.1 Å². The van der Waals surface area contributed by atoms with Crippen LogP contribution in [0.4, 0.5) is 4.39 Å². The largest absolute Gasteiger partial charge is 0.342 e. The van der Waals surface area contributed by atoms with E-state index >= 15 is 0 Å². The maximum atomic E-state index is 14.2. The number of hydrogen-bond acceptors (Lipinski definition) is 3. The predicted molar refractivity (Wildman–Crippen MR) is 102 cm³/mol. The van der Waals surface area contributed by atoms with Crippen LogP contribution in [0.2, 0.25) is 0 Å². The molecule has 3 rings (SSSR count). The third-order valence-electron chi connectivity index (χ3n) is 4.56. The molecule has 0 aliphatic heterocycles. The highest BCUT2D eigenvalue weighted by Crippen LogP contribution is 2.23. The molecule has 0 saturated heterocycles. The molecule has 0 spiro atoms. The van der Waals surface area contributed by atoms with Crippen molar-refractivity contribution in [1.82, 2.24) is 25.1 Å². The number of carbonyl (C=O) groups is 1. The Morgan fingerprint density at radius 2 is 1.93 bits per heavy atom. The van der Waals surface area contributed by atoms with Gasteiger partial charge in [0.05, 0.1) is 17.3 Å². The molecule has 1 aromatic carbocycles. The summed E-state index contributed by atoms with van der Waals surface area (Å²) < 4.78 is 16.0. The molecular weight excluding hydrogens is 345 g/mol. The summed E-state index contributed by atoms with van der Waals surface area (Å²) >= 11 is 0. The zero-order valence-electron chi connectivity index (χ0n) is 16.2. The van der Waals surface area contributed by atoms with Gasteiger partial charge in [-0.25, -0.2) is 9.37 Å². The second-order valence-corrected chi connectivity index (χ2v) is 7.00. The van der Waals surface area contributed by atoms with Crippen molar-refractivity contribution in [2.75, 3.05) is 0 Å². The lowest BCUT2D eigenvalue weighted by atomic mass is 10.2. The van der Waals surface area contributed by atoms with E-state index in [0.717, 1.165) is 5.69 Å². The SMILES string of the molecule is Cc1cc(C(=O)NC(C)c2nc(C(C)C)n[nH]2)c(C)n1-c1ccccc1F. The fourth-order valence-electron chi connectivity index (χ4n) is 3.08. The second kappa shape index (κ2) is 7.34. The van der Waals surface area contributed by atoms with Crippen molar-refractivity contribution in [3.05, 3.63) is 64.7 Å². The van der Waals surface area contributed by atoms with Crippen LogP contribution in [0.25, 0.3) is 5.69 Å². The Morgan fingerprint density at radius 3 is 2.56 bits per heavy atom. The molecular formula is C20H24FN5O. The number of aromatic nitrogens is 4. The first-order chi connectivity index (χ1) is 12.8. The Morgan fingerprint density at radius 1 is 1.22 bits per heavy atom. The van der Waals surface area contributed by atoms with Crippen LogP contribution in [0.5, 0.6) is 0 Å². The van der Waals surface area contributed by atoms with Gasteiger partial charge in [0.1, 0.15) is 11.6 Å². The molecule has 0 aliphatic carbocycles. The molecule has 142 valence electrons. The molecule has 2 aromatic heterocycles. The van der Waals surface area contributed by atoms with Gasteiger partial charge in [-0.2, -0.15) is 5.10 Å². The summed E-state index contributed by atoms with van der Waals surface area (Å²) in [5.41, 5.74) is 2.41. The van der Waals surface area contributed by atoms with Gasteiger partial charge >= 0.3 is 0 Å². The van der Waals surface area contributed by atoms with Gasteiger partial charge < -0.3 is 9.88 Å². The topological polar surface area (TPSA) is 75.6 Å². The van der Waals surface area contributed by atoms with E-state index in [2.05, 4.69) is 20.5 Å².